The molecule has 5 heteroatoms. The summed E-state index contributed by atoms with van der Waals surface area (Å²) in [6.45, 7) is 2.93. The minimum Gasteiger partial charge on any atom is -0.341 e. The van der Waals surface area contributed by atoms with Gasteiger partial charge in [0.05, 0.1) is 6.54 Å². The standard InChI is InChI=1S/C20H26N4O/c1-23(14-19-6-3-9-22-13-19)16-20(25)24-10-4-7-18(15-24)11-17-5-2-8-21-12-17/h2-3,5-6,8-9,12-13,18H,4,7,10-11,14-16H2,1H3/t18-/m1/s1. The minimum absolute atomic E-state index is 0.224. The lowest BCUT2D eigenvalue weighted by Gasteiger charge is -2.34. The van der Waals surface area contributed by atoms with Gasteiger partial charge in [-0.05, 0) is 55.5 Å². The number of nitrogens with zero attached hydrogens (tertiary/aromatic N) is 4. The van der Waals surface area contributed by atoms with Crippen molar-refractivity contribution in [2.45, 2.75) is 25.8 Å². The van der Waals surface area contributed by atoms with E-state index >= 15 is 0 Å². The summed E-state index contributed by atoms with van der Waals surface area (Å²) in [7, 11) is 1.99. The van der Waals surface area contributed by atoms with E-state index in [0.29, 0.717) is 12.5 Å². The van der Waals surface area contributed by atoms with Gasteiger partial charge in [0.25, 0.3) is 0 Å². The lowest BCUT2D eigenvalue weighted by atomic mass is 9.92. The maximum Gasteiger partial charge on any atom is 0.236 e. The summed E-state index contributed by atoms with van der Waals surface area (Å²) in [5.41, 5.74) is 2.39. The topological polar surface area (TPSA) is 49.3 Å². The average molecular weight is 338 g/mol. The Morgan fingerprint density at radius 3 is 2.60 bits per heavy atom. The fourth-order valence-electron chi connectivity index (χ4n) is 3.50. The number of hydrogen-bond donors (Lipinski definition) is 0. The Hall–Kier alpha value is -2.27. The first-order valence-electron chi connectivity index (χ1n) is 8.95. The van der Waals surface area contributed by atoms with E-state index in [-0.39, 0.29) is 5.91 Å². The minimum atomic E-state index is 0.224. The van der Waals surface area contributed by atoms with Gasteiger partial charge in [0, 0.05) is 44.4 Å². The summed E-state index contributed by atoms with van der Waals surface area (Å²) in [5, 5.41) is 0. The molecule has 1 amide bonds. The van der Waals surface area contributed by atoms with E-state index in [9.17, 15) is 4.79 Å². The molecule has 0 radical (unpaired) electrons. The maximum absolute atomic E-state index is 12.7. The second-order valence-corrected chi connectivity index (χ2v) is 6.95. The van der Waals surface area contributed by atoms with Gasteiger partial charge in [0.1, 0.15) is 0 Å². The van der Waals surface area contributed by atoms with E-state index in [4.69, 9.17) is 0 Å². The second kappa shape index (κ2) is 8.72. The summed E-state index contributed by atoms with van der Waals surface area (Å²) in [6.07, 6.45) is 10.6. The monoisotopic (exact) mass is 338 g/mol. The summed E-state index contributed by atoms with van der Waals surface area (Å²) < 4.78 is 0. The average Bonchev–Trinajstić information content (AvgIpc) is 2.63. The highest BCUT2D eigenvalue weighted by Gasteiger charge is 2.24. The number of carbonyl (C=O) groups is 1. The van der Waals surface area contributed by atoms with Gasteiger partial charge >= 0.3 is 0 Å². The number of aromatic nitrogens is 2. The molecule has 0 saturated carbocycles. The number of pyridine rings is 2. The molecule has 0 N–H and O–H groups in total. The van der Waals surface area contributed by atoms with Crippen molar-refractivity contribution in [3.05, 3.63) is 60.2 Å². The molecule has 1 aliphatic rings. The largest absolute Gasteiger partial charge is 0.341 e. The molecule has 1 fully saturated rings. The predicted molar refractivity (Wildman–Crippen MR) is 97.8 cm³/mol. The van der Waals surface area contributed by atoms with Gasteiger partial charge in [0.2, 0.25) is 5.91 Å². The van der Waals surface area contributed by atoms with Crippen LogP contribution in [0.25, 0.3) is 0 Å². The van der Waals surface area contributed by atoms with Gasteiger partial charge in [-0.2, -0.15) is 0 Å². The number of rotatable bonds is 6. The quantitative estimate of drug-likeness (QED) is 0.811. The highest BCUT2D eigenvalue weighted by atomic mass is 16.2. The third-order valence-electron chi connectivity index (χ3n) is 4.70. The number of amides is 1. The van der Waals surface area contributed by atoms with Gasteiger partial charge in [-0.15, -0.1) is 0 Å². The summed E-state index contributed by atoms with van der Waals surface area (Å²) in [6, 6.07) is 8.07. The Bertz CT molecular complexity index is 662. The second-order valence-electron chi connectivity index (χ2n) is 6.95. The molecule has 0 unspecified atom stereocenters. The highest BCUT2D eigenvalue weighted by molar-refractivity contribution is 5.78. The lowest BCUT2D eigenvalue weighted by Crippen LogP contribution is -2.44. The van der Waals surface area contributed by atoms with Gasteiger partial charge in [-0.25, -0.2) is 0 Å². The van der Waals surface area contributed by atoms with E-state index in [1.54, 1.807) is 12.4 Å². The first-order valence-corrected chi connectivity index (χ1v) is 8.95. The summed E-state index contributed by atoms with van der Waals surface area (Å²) >= 11 is 0. The SMILES string of the molecule is CN(CC(=O)N1CCC[C@H](Cc2cccnc2)C1)Cc1cccnc1. The fourth-order valence-corrected chi connectivity index (χ4v) is 3.50. The van der Waals surface area contributed by atoms with Crippen LogP contribution in [-0.2, 0) is 17.8 Å². The molecule has 0 aliphatic carbocycles. The van der Waals surface area contributed by atoms with Crippen molar-refractivity contribution in [2.75, 3.05) is 26.7 Å². The van der Waals surface area contributed by atoms with Crippen LogP contribution in [0.3, 0.4) is 0 Å². The Morgan fingerprint density at radius 2 is 1.92 bits per heavy atom. The Balaban J connectivity index is 1.49. The zero-order chi connectivity index (χ0) is 17.5. The molecular weight excluding hydrogens is 312 g/mol. The number of piperidine rings is 1. The highest BCUT2D eigenvalue weighted by Crippen LogP contribution is 2.20. The molecule has 3 rings (SSSR count). The molecule has 0 bridgehead atoms. The Labute approximate surface area is 149 Å². The Morgan fingerprint density at radius 1 is 1.20 bits per heavy atom. The molecule has 3 heterocycles. The normalized spacial score (nSPS) is 17.7. The van der Waals surface area contributed by atoms with Crippen LogP contribution in [0, 0.1) is 5.92 Å². The van der Waals surface area contributed by atoms with Crippen LogP contribution in [0.2, 0.25) is 0 Å². The van der Waals surface area contributed by atoms with Gasteiger partial charge in [-0.3, -0.25) is 19.7 Å². The van der Waals surface area contributed by atoms with E-state index in [1.165, 1.54) is 12.0 Å². The molecule has 2 aromatic rings. The van der Waals surface area contributed by atoms with Crippen molar-refractivity contribution in [1.29, 1.82) is 0 Å². The maximum atomic E-state index is 12.7. The molecule has 0 aromatic carbocycles. The molecule has 1 atom stereocenters. The van der Waals surface area contributed by atoms with E-state index in [2.05, 4.69) is 20.9 Å². The van der Waals surface area contributed by atoms with Crippen molar-refractivity contribution < 1.29 is 4.79 Å². The van der Waals surface area contributed by atoms with Crippen molar-refractivity contribution in [3.8, 4) is 0 Å². The van der Waals surface area contributed by atoms with Crippen molar-refractivity contribution >= 4 is 5.91 Å². The zero-order valence-electron chi connectivity index (χ0n) is 14.8. The number of likely N-dealkylation sites (tertiary alicyclic amines) is 1. The van der Waals surface area contributed by atoms with Crippen molar-refractivity contribution in [3.63, 3.8) is 0 Å². The van der Waals surface area contributed by atoms with Crippen LogP contribution in [0.15, 0.2) is 49.1 Å². The number of likely N-dealkylation sites (N-methyl/N-ethyl adjacent to an activating group) is 1. The van der Waals surface area contributed by atoms with Crippen molar-refractivity contribution in [2.24, 2.45) is 5.92 Å². The van der Waals surface area contributed by atoms with Crippen LogP contribution in [-0.4, -0.2) is 52.4 Å². The van der Waals surface area contributed by atoms with Crippen LogP contribution in [0.4, 0.5) is 0 Å². The van der Waals surface area contributed by atoms with Crippen LogP contribution >= 0.6 is 0 Å². The smallest absolute Gasteiger partial charge is 0.236 e. The van der Waals surface area contributed by atoms with Gasteiger partial charge in [0.15, 0.2) is 0 Å². The zero-order valence-corrected chi connectivity index (χ0v) is 14.8. The third-order valence-corrected chi connectivity index (χ3v) is 4.70. The Kier molecular flexibility index (Phi) is 6.12. The first-order chi connectivity index (χ1) is 12.2. The molecule has 1 aliphatic heterocycles. The van der Waals surface area contributed by atoms with Crippen LogP contribution < -0.4 is 0 Å². The number of hydrogen-bond acceptors (Lipinski definition) is 4. The van der Waals surface area contributed by atoms with E-state index < -0.39 is 0 Å². The van der Waals surface area contributed by atoms with Gasteiger partial charge < -0.3 is 4.90 Å². The molecule has 0 spiro atoms. The first kappa shape index (κ1) is 17.5. The lowest BCUT2D eigenvalue weighted by molar-refractivity contribution is -0.134. The summed E-state index contributed by atoms with van der Waals surface area (Å²) in [4.78, 5) is 25.1. The fraction of sp³-hybridized carbons (Fsp3) is 0.450. The van der Waals surface area contributed by atoms with E-state index in [1.807, 2.05) is 42.5 Å². The predicted octanol–water partition coefficient (Wildman–Crippen LogP) is 2.39. The molecule has 132 valence electrons. The van der Waals surface area contributed by atoms with Crippen LogP contribution in [0.1, 0.15) is 24.0 Å². The van der Waals surface area contributed by atoms with E-state index in [0.717, 1.165) is 38.0 Å². The van der Waals surface area contributed by atoms with Crippen molar-refractivity contribution in [1.82, 2.24) is 19.8 Å². The third kappa shape index (κ3) is 5.36. The molecule has 5 nitrogen and oxygen atoms in total. The molecule has 2 aromatic heterocycles. The van der Waals surface area contributed by atoms with Gasteiger partial charge in [-0.1, -0.05) is 12.1 Å². The molecule has 1 saturated heterocycles. The number of carbonyl (C=O) groups excluding carboxylic acids is 1. The van der Waals surface area contributed by atoms with Crippen LogP contribution in [0.5, 0.6) is 0 Å². The molecular formula is C20H26N4O. The molecule has 25 heavy (non-hydrogen) atoms. The summed E-state index contributed by atoms with van der Waals surface area (Å²) in [5.74, 6) is 0.757.